The molecular weight excluding hydrogens is 354 g/mol. The quantitative estimate of drug-likeness (QED) is 0.618. The van der Waals surface area contributed by atoms with E-state index in [-0.39, 0.29) is 18.3 Å². The zero-order chi connectivity index (χ0) is 18.7. The smallest absolute Gasteiger partial charge is 0.338 e. The number of carbonyl (C=O) groups is 1. The molecule has 0 aliphatic carbocycles. The van der Waals surface area contributed by atoms with Crippen molar-refractivity contribution in [1.29, 1.82) is 0 Å². The molecule has 7 nitrogen and oxygen atoms in total. The van der Waals surface area contributed by atoms with Crippen LogP contribution in [0.5, 0.6) is 5.75 Å². The molecule has 0 amide bonds. The van der Waals surface area contributed by atoms with Crippen molar-refractivity contribution >= 4 is 22.3 Å². The van der Waals surface area contributed by atoms with Crippen molar-refractivity contribution in [2.45, 2.75) is 39.9 Å². The zero-order valence-electron chi connectivity index (χ0n) is 14.8. The molecule has 2 aromatic heterocycles. The van der Waals surface area contributed by atoms with Crippen LogP contribution in [-0.2, 0) is 17.8 Å². The maximum absolute atomic E-state index is 12.2. The summed E-state index contributed by atoms with van der Waals surface area (Å²) >= 11 is 1.35. The molecule has 0 N–H and O–H groups in total. The third-order valence-corrected chi connectivity index (χ3v) is 4.51. The van der Waals surface area contributed by atoms with E-state index in [2.05, 4.69) is 10.1 Å². The summed E-state index contributed by atoms with van der Waals surface area (Å²) in [6, 6.07) is 8.05. The van der Waals surface area contributed by atoms with Crippen LogP contribution in [0.25, 0.3) is 4.96 Å². The van der Waals surface area contributed by atoms with Gasteiger partial charge in [0.2, 0.25) is 4.96 Å². The Hall–Kier alpha value is -2.74. The first-order chi connectivity index (χ1) is 12.5. The highest BCUT2D eigenvalue weighted by Crippen LogP contribution is 2.15. The minimum atomic E-state index is -0.485. The van der Waals surface area contributed by atoms with Gasteiger partial charge in [-0.2, -0.15) is 9.61 Å². The first-order valence-electron chi connectivity index (χ1n) is 8.28. The normalized spacial score (nSPS) is 11.1. The summed E-state index contributed by atoms with van der Waals surface area (Å²) < 4.78 is 12.1. The molecule has 0 radical (unpaired) electrons. The lowest BCUT2D eigenvalue weighted by atomic mass is 10.2. The van der Waals surface area contributed by atoms with Gasteiger partial charge in [0.1, 0.15) is 17.4 Å². The van der Waals surface area contributed by atoms with Crippen molar-refractivity contribution in [3.05, 3.63) is 57.0 Å². The second kappa shape index (κ2) is 7.65. The third-order valence-electron chi connectivity index (χ3n) is 3.46. The Morgan fingerprint density at radius 3 is 2.65 bits per heavy atom. The van der Waals surface area contributed by atoms with Gasteiger partial charge in [-0.25, -0.2) is 9.78 Å². The number of hydrogen-bond donors (Lipinski definition) is 0. The number of nitrogens with zero attached hydrogens (tertiary/aromatic N) is 3. The number of rotatable bonds is 6. The number of carbonyl (C=O) groups excluding carboxylic acids is 1. The average molecular weight is 373 g/mol. The van der Waals surface area contributed by atoms with Gasteiger partial charge in [0.25, 0.3) is 5.56 Å². The largest absolute Gasteiger partial charge is 0.491 e. The van der Waals surface area contributed by atoms with E-state index in [4.69, 9.17) is 9.47 Å². The molecule has 2 heterocycles. The monoisotopic (exact) mass is 373 g/mol. The maximum atomic E-state index is 12.2. The van der Waals surface area contributed by atoms with Crippen LogP contribution in [-0.4, -0.2) is 26.7 Å². The summed E-state index contributed by atoms with van der Waals surface area (Å²) in [5.74, 6) is 0.204. The summed E-state index contributed by atoms with van der Waals surface area (Å²) in [7, 11) is 0. The van der Waals surface area contributed by atoms with Crippen molar-refractivity contribution in [3.63, 3.8) is 0 Å². The molecule has 0 saturated carbocycles. The molecular formula is C18H19N3O4S. The van der Waals surface area contributed by atoms with Crippen LogP contribution in [0.15, 0.2) is 35.1 Å². The first kappa shape index (κ1) is 18.1. The van der Waals surface area contributed by atoms with Crippen LogP contribution in [0, 0.1) is 0 Å². The lowest BCUT2D eigenvalue weighted by Crippen LogP contribution is -2.16. The van der Waals surface area contributed by atoms with E-state index < -0.39 is 5.97 Å². The molecule has 0 atom stereocenters. The second-order valence-electron chi connectivity index (χ2n) is 5.90. The van der Waals surface area contributed by atoms with Crippen LogP contribution in [0.1, 0.15) is 41.8 Å². The van der Waals surface area contributed by atoms with Gasteiger partial charge in [0, 0.05) is 6.07 Å². The molecule has 0 unspecified atom stereocenters. The van der Waals surface area contributed by atoms with E-state index in [1.165, 1.54) is 21.9 Å². The van der Waals surface area contributed by atoms with Crippen LogP contribution in [0.2, 0.25) is 0 Å². The Morgan fingerprint density at radius 2 is 2.00 bits per heavy atom. The molecule has 0 aliphatic heterocycles. The highest BCUT2D eigenvalue weighted by atomic mass is 32.1. The molecule has 3 rings (SSSR count). The second-order valence-corrected chi connectivity index (χ2v) is 6.94. The highest BCUT2D eigenvalue weighted by molar-refractivity contribution is 7.16. The molecule has 0 fully saturated rings. The fourth-order valence-corrected chi connectivity index (χ4v) is 3.13. The summed E-state index contributed by atoms with van der Waals surface area (Å²) in [6.07, 6.45) is 0.793. The van der Waals surface area contributed by atoms with Gasteiger partial charge in [-0.3, -0.25) is 4.79 Å². The number of ether oxygens (including phenoxy) is 2. The topological polar surface area (TPSA) is 82.8 Å². The summed E-state index contributed by atoms with van der Waals surface area (Å²) in [5, 5.41) is 5.01. The Labute approximate surface area is 154 Å². The van der Waals surface area contributed by atoms with Crippen LogP contribution < -0.4 is 10.3 Å². The highest BCUT2D eigenvalue weighted by Gasteiger charge is 2.12. The standard InChI is InChI=1S/C18H19N3O4S/c1-4-15-20-21-16(22)9-13(19-18(21)26-15)10-24-17(23)12-5-7-14(8-6-12)25-11(2)3/h5-9,11H,4,10H2,1-3H3. The molecule has 3 aromatic rings. The van der Waals surface area contributed by atoms with E-state index in [9.17, 15) is 9.59 Å². The predicted octanol–water partition coefficient (Wildman–Crippen LogP) is 2.86. The fourth-order valence-electron chi connectivity index (χ4n) is 2.28. The molecule has 8 heteroatoms. The van der Waals surface area contributed by atoms with Crippen molar-refractivity contribution in [2.24, 2.45) is 0 Å². The van der Waals surface area contributed by atoms with Gasteiger partial charge < -0.3 is 9.47 Å². The van der Waals surface area contributed by atoms with Gasteiger partial charge in [0.15, 0.2) is 0 Å². The Bertz CT molecular complexity index is 976. The number of esters is 1. The van der Waals surface area contributed by atoms with Crippen molar-refractivity contribution in [2.75, 3.05) is 0 Å². The summed E-state index contributed by atoms with van der Waals surface area (Å²) in [5.41, 5.74) is 0.520. The summed E-state index contributed by atoms with van der Waals surface area (Å²) in [6.45, 7) is 5.75. The minimum absolute atomic E-state index is 0.0629. The molecule has 26 heavy (non-hydrogen) atoms. The molecule has 0 spiro atoms. The van der Waals surface area contributed by atoms with Crippen LogP contribution in [0.3, 0.4) is 0 Å². The Kier molecular flexibility index (Phi) is 5.32. The molecule has 136 valence electrons. The number of aryl methyl sites for hydroxylation is 1. The van der Waals surface area contributed by atoms with Crippen molar-refractivity contribution < 1.29 is 14.3 Å². The van der Waals surface area contributed by atoms with Crippen LogP contribution >= 0.6 is 11.3 Å². The van der Waals surface area contributed by atoms with Gasteiger partial charge >= 0.3 is 5.97 Å². The molecule has 1 aromatic carbocycles. The lowest BCUT2D eigenvalue weighted by molar-refractivity contribution is 0.0467. The average Bonchev–Trinajstić information content (AvgIpc) is 3.04. The first-order valence-corrected chi connectivity index (χ1v) is 9.10. The van der Waals surface area contributed by atoms with Crippen molar-refractivity contribution in [1.82, 2.24) is 14.6 Å². The molecule has 0 saturated heterocycles. The van der Waals surface area contributed by atoms with Gasteiger partial charge in [0.05, 0.1) is 17.4 Å². The molecule has 0 aliphatic rings. The van der Waals surface area contributed by atoms with E-state index in [0.29, 0.717) is 22.0 Å². The maximum Gasteiger partial charge on any atom is 0.338 e. The molecule has 0 bridgehead atoms. The fraction of sp³-hybridized carbons (Fsp3) is 0.333. The van der Waals surface area contributed by atoms with E-state index >= 15 is 0 Å². The van der Waals surface area contributed by atoms with E-state index in [1.54, 1.807) is 24.3 Å². The van der Waals surface area contributed by atoms with E-state index in [0.717, 1.165) is 11.4 Å². The Morgan fingerprint density at radius 1 is 1.27 bits per heavy atom. The van der Waals surface area contributed by atoms with Crippen molar-refractivity contribution in [3.8, 4) is 5.75 Å². The van der Waals surface area contributed by atoms with E-state index in [1.807, 2.05) is 20.8 Å². The third kappa shape index (κ3) is 4.08. The number of fused-ring (bicyclic) bond motifs is 1. The van der Waals surface area contributed by atoms with Gasteiger partial charge in [-0.05, 0) is 44.5 Å². The lowest BCUT2D eigenvalue weighted by Gasteiger charge is -2.10. The Balaban J connectivity index is 1.69. The SMILES string of the molecule is CCc1nn2c(=O)cc(COC(=O)c3ccc(OC(C)C)cc3)nc2s1. The number of aromatic nitrogens is 3. The zero-order valence-corrected chi connectivity index (χ0v) is 15.6. The summed E-state index contributed by atoms with van der Waals surface area (Å²) in [4.78, 5) is 29.1. The minimum Gasteiger partial charge on any atom is -0.491 e. The number of benzene rings is 1. The number of hydrogen-bond acceptors (Lipinski definition) is 7. The van der Waals surface area contributed by atoms with Gasteiger partial charge in [-0.1, -0.05) is 18.3 Å². The predicted molar refractivity (Wildman–Crippen MR) is 97.8 cm³/mol. The van der Waals surface area contributed by atoms with Crippen LogP contribution in [0.4, 0.5) is 0 Å². The van der Waals surface area contributed by atoms with Gasteiger partial charge in [-0.15, -0.1) is 0 Å².